The van der Waals surface area contributed by atoms with Gasteiger partial charge in [0, 0.05) is 25.9 Å². The van der Waals surface area contributed by atoms with Gasteiger partial charge in [0.2, 0.25) is 0 Å². The van der Waals surface area contributed by atoms with Crippen molar-refractivity contribution in [1.82, 2.24) is 14.5 Å². The second-order valence-electron chi connectivity index (χ2n) is 6.61. The van der Waals surface area contributed by atoms with E-state index < -0.39 is 0 Å². The summed E-state index contributed by atoms with van der Waals surface area (Å²) < 4.78 is 3.01. The highest BCUT2D eigenvalue weighted by molar-refractivity contribution is 9.18. The van der Waals surface area contributed by atoms with Crippen molar-refractivity contribution in [3.63, 3.8) is 0 Å². The molecule has 0 aliphatic carbocycles. The van der Waals surface area contributed by atoms with Crippen molar-refractivity contribution in [1.29, 1.82) is 0 Å². The lowest BCUT2D eigenvalue weighted by Gasteiger charge is -2.33. The van der Waals surface area contributed by atoms with Crippen LogP contribution in [0.4, 0.5) is 0 Å². The first kappa shape index (κ1) is 15.1. The normalized spacial score (nSPS) is 23.2. The van der Waals surface area contributed by atoms with Crippen LogP contribution in [0, 0.1) is 5.92 Å². The Morgan fingerprint density at radius 1 is 1.30 bits per heavy atom. The number of oxime groups is 1. The van der Waals surface area contributed by atoms with E-state index in [9.17, 15) is 0 Å². The third-order valence-corrected chi connectivity index (χ3v) is 5.48. The van der Waals surface area contributed by atoms with Crippen molar-refractivity contribution in [2.75, 3.05) is 13.1 Å². The molecule has 6 heteroatoms. The molecule has 23 heavy (non-hydrogen) atoms. The molecular formula is C17H21BrN4O. The third-order valence-electron chi connectivity index (χ3n) is 5.01. The number of benzene rings is 1. The van der Waals surface area contributed by atoms with Gasteiger partial charge in [-0.25, -0.2) is 4.98 Å². The number of nitrogens with zero attached hydrogens (tertiary/aromatic N) is 4. The summed E-state index contributed by atoms with van der Waals surface area (Å²) in [4.78, 5) is 12.5. The first-order chi connectivity index (χ1) is 11.2. The second-order valence-corrected chi connectivity index (χ2v) is 7.52. The summed E-state index contributed by atoms with van der Waals surface area (Å²) in [5.74, 6) is 0.628. The average molecular weight is 377 g/mol. The number of imidazole rings is 1. The van der Waals surface area contributed by atoms with E-state index in [0.29, 0.717) is 5.92 Å². The number of aromatic nitrogens is 2. The molecule has 0 N–H and O–H groups in total. The Bertz CT molecular complexity index is 733. The fourth-order valence-electron chi connectivity index (χ4n) is 3.64. The average Bonchev–Trinajstić information content (AvgIpc) is 3.15. The van der Waals surface area contributed by atoms with Crippen LogP contribution in [0.2, 0.25) is 0 Å². The minimum Gasteiger partial charge on any atom is -0.391 e. The van der Waals surface area contributed by atoms with Crippen molar-refractivity contribution >= 4 is 31.6 Å². The van der Waals surface area contributed by atoms with Gasteiger partial charge in [-0.3, -0.25) is 4.90 Å². The third kappa shape index (κ3) is 3.15. The molecule has 122 valence electrons. The van der Waals surface area contributed by atoms with Gasteiger partial charge in [-0.05, 0) is 59.6 Å². The van der Waals surface area contributed by atoms with Gasteiger partial charge < -0.3 is 9.40 Å². The van der Waals surface area contributed by atoms with Gasteiger partial charge in [0.15, 0.2) is 0 Å². The summed E-state index contributed by atoms with van der Waals surface area (Å²) in [6.07, 6.45) is 5.46. The molecule has 1 aromatic heterocycles. The first-order valence-corrected chi connectivity index (χ1v) is 8.99. The molecule has 2 aromatic rings. The van der Waals surface area contributed by atoms with Crippen molar-refractivity contribution < 1.29 is 4.84 Å². The molecule has 0 radical (unpaired) electrons. The lowest BCUT2D eigenvalue weighted by Crippen LogP contribution is -2.37. The van der Waals surface area contributed by atoms with Crippen molar-refractivity contribution in [2.24, 2.45) is 18.1 Å². The van der Waals surface area contributed by atoms with Crippen LogP contribution >= 0.6 is 15.9 Å². The molecule has 2 aliphatic heterocycles. The maximum absolute atomic E-state index is 5.52. The van der Waals surface area contributed by atoms with Crippen LogP contribution in [0.1, 0.15) is 24.8 Å². The van der Waals surface area contributed by atoms with Gasteiger partial charge in [-0.2, -0.15) is 0 Å². The Kier molecular flexibility index (Phi) is 4.11. The van der Waals surface area contributed by atoms with Crippen LogP contribution in [-0.4, -0.2) is 38.3 Å². The topological polar surface area (TPSA) is 42.7 Å². The van der Waals surface area contributed by atoms with Gasteiger partial charge in [-0.15, -0.1) is 0 Å². The van der Waals surface area contributed by atoms with Crippen molar-refractivity contribution in [2.45, 2.75) is 31.9 Å². The lowest BCUT2D eigenvalue weighted by molar-refractivity contribution is 0.0127. The van der Waals surface area contributed by atoms with E-state index in [1.807, 2.05) is 13.4 Å². The lowest BCUT2D eigenvalue weighted by atomic mass is 9.90. The van der Waals surface area contributed by atoms with E-state index in [4.69, 9.17) is 4.84 Å². The zero-order valence-electron chi connectivity index (χ0n) is 13.3. The Morgan fingerprint density at radius 3 is 2.87 bits per heavy atom. The minimum atomic E-state index is 0.274. The maximum atomic E-state index is 5.52. The summed E-state index contributed by atoms with van der Waals surface area (Å²) in [5.41, 5.74) is 3.62. The minimum absolute atomic E-state index is 0.274. The van der Waals surface area contributed by atoms with Crippen LogP contribution in [0.3, 0.4) is 0 Å². The smallest absolute Gasteiger partial charge is 0.136 e. The van der Waals surface area contributed by atoms with E-state index >= 15 is 0 Å². The van der Waals surface area contributed by atoms with E-state index in [1.54, 1.807) is 0 Å². The van der Waals surface area contributed by atoms with Crippen LogP contribution < -0.4 is 0 Å². The van der Waals surface area contributed by atoms with Crippen LogP contribution in [0.15, 0.2) is 29.7 Å². The van der Waals surface area contributed by atoms with Crippen LogP contribution in [-0.2, 0) is 18.4 Å². The number of hydrogen-bond donors (Lipinski definition) is 0. The molecule has 1 atom stereocenters. The van der Waals surface area contributed by atoms with Crippen molar-refractivity contribution in [3.8, 4) is 0 Å². The molecule has 3 heterocycles. The van der Waals surface area contributed by atoms with E-state index in [1.165, 1.54) is 23.9 Å². The Morgan fingerprint density at radius 2 is 2.13 bits per heavy atom. The fraction of sp³-hybridized carbons (Fsp3) is 0.529. The SMILES string of the molecule is Cn1cnc2cc(CN3CCC([C@H]4CC(Br)=NO4)CC3)ccc21. The Balaban J connectivity index is 1.35. The van der Waals surface area contributed by atoms with Gasteiger partial charge in [0.1, 0.15) is 10.7 Å². The quantitative estimate of drug-likeness (QED) is 0.825. The second kappa shape index (κ2) is 6.24. The summed E-state index contributed by atoms with van der Waals surface area (Å²) in [5, 5.41) is 4.02. The zero-order valence-corrected chi connectivity index (χ0v) is 14.9. The van der Waals surface area contributed by atoms with E-state index in [2.05, 4.69) is 53.7 Å². The van der Waals surface area contributed by atoms with Gasteiger partial charge in [-0.1, -0.05) is 11.2 Å². The van der Waals surface area contributed by atoms with Gasteiger partial charge >= 0.3 is 0 Å². The largest absolute Gasteiger partial charge is 0.391 e. The van der Waals surface area contributed by atoms with E-state index in [-0.39, 0.29) is 6.10 Å². The van der Waals surface area contributed by atoms with E-state index in [0.717, 1.165) is 36.2 Å². The molecule has 5 nitrogen and oxygen atoms in total. The first-order valence-electron chi connectivity index (χ1n) is 8.19. The molecule has 4 rings (SSSR count). The van der Waals surface area contributed by atoms with Crippen molar-refractivity contribution in [3.05, 3.63) is 30.1 Å². The number of rotatable bonds is 3. The summed E-state index contributed by atoms with van der Waals surface area (Å²) >= 11 is 3.43. The fourth-order valence-corrected chi connectivity index (χ4v) is 4.04. The number of fused-ring (bicyclic) bond motifs is 1. The van der Waals surface area contributed by atoms with Gasteiger partial charge in [0.05, 0.1) is 17.4 Å². The summed E-state index contributed by atoms with van der Waals surface area (Å²) in [6, 6.07) is 6.61. The predicted octanol–water partition coefficient (Wildman–Crippen LogP) is 3.28. The highest BCUT2D eigenvalue weighted by Gasteiger charge is 2.31. The zero-order chi connectivity index (χ0) is 15.8. The number of halogens is 1. The number of hydrogen-bond acceptors (Lipinski definition) is 4. The molecule has 1 saturated heterocycles. The highest BCUT2D eigenvalue weighted by atomic mass is 79.9. The molecule has 0 amide bonds. The van der Waals surface area contributed by atoms with Crippen LogP contribution in [0.25, 0.3) is 11.0 Å². The van der Waals surface area contributed by atoms with Gasteiger partial charge in [0.25, 0.3) is 0 Å². The molecule has 0 spiro atoms. The molecule has 1 fully saturated rings. The molecule has 2 aliphatic rings. The maximum Gasteiger partial charge on any atom is 0.136 e. The highest BCUT2D eigenvalue weighted by Crippen LogP contribution is 2.29. The summed E-state index contributed by atoms with van der Waals surface area (Å²) in [7, 11) is 2.03. The number of aryl methyl sites for hydroxylation is 1. The Hall–Kier alpha value is -1.40. The number of likely N-dealkylation sites (tertiary alicyclic amines) is 1. The molecular weight excluding hydrogens is 356 g/mol. The Labute approximate surface area is 144 Å². The number of piperidine rings is 1. The molecule has 1 aromatic carbocycles. The molecule has 0 saturated carbocycles. The van der Waals surface area contributed by atoms with Crippen LogP contribution in [0.5, 0.6) is 0 Å². The molecule has 0 unspecified atom stereocenters. The predicted molar refractivity (Wildman–Crippen MR) is 94.6 cm³/mol. The standard InChI is InChI=1S/C17H21BrN4O/c1-21-11-19-14-8-12(2-3-15(14)21)10-22-6-4-13(5-7-22)16-9-17(18)20-23-16/h2-3,8,11,13,16H,4-7,9-10H2,1H3/t16-/m1/s1. The summed E-state index contributed by atoms with van der Waals surface area (Å²) in [6.45, 7) is 3.26. The monoisotopic (exact) mass is 376 g/mol. The molecule has 0 bridgehead atoms.